The van der Waals surface area contributed by atoms with Crippen LogP contribution in [-0.4, -0.2) is 10.8 Å². The molecule has 0 aromatic heterocycles. The maximum absolute atomic E-state index is 11.1. The van der Waals surface area contributed by atoms with E-state index in [0.29, 0.717) is 4.75 Å². The third kappa shape index (κ3) is 3.25. The zero-order valence-electron chi connectivity index (χ0n) is 13.2. The molecular formula is C17H25N3OS. The quantitative estimate of drug-likeness (QED) is 0.732. The van der Waals surface area contributed by atoms with Crippen LogP contribution >= 0.6 is 11.9 Å². The fraction of sp³-hybridized carbons (Fsp3) is 0.588. The van der Waals surface area contributed by atoms with Crippen molar-refractivity contribution in [2.75, 3.05) is 5.32 Å². The average Bonchev–Trinajstić information content (AvgIpc) is 2.92. The van der Waals surface area contributed by atoms with Gasteiger partial charge >= 0.3 is 6.03 Å². The molecule has 5 N–H and O–H groups in total. The summed E-state index contributed by atoms with van der Waals surface area (Å²) >= 11 is 1.49. The number of rotatable bonds is 2. The molecule has 0 heterocycles. The number of carbonyl (C=O) groups is 1. The Hall–Kier alpha value is -1.20. The molecule has 0 atom stereocenters. The van der Waals surface area contributed by atoms with Crippen molar-refractivity contribution in [2.24, 2.45) is 10.9 Å². The van der Waals surface area contributed by atoms with Crippen molar-refractivity contribution < 1.29 is 4.79 Å². The van der Waals surface area contributed by atoms with E-state index in [9.17, 15) is 4.79 Å². The van der Waals surface area contributed by atoms with E-state index >= 15 is 0 Å². The Kier molecular flexibility index (Phi) is 4.37. The molecular weight excluding hydrogens is 294 g/mol. The maximum atomic E-state index is 11.1. The lowest BCUT2D eigenvalue weighted by Gasteiger charge is -2.14. The van der Waals surface area contributed by atoms with Crippen LogP contribution in [0.4, 0.5) is 10.5 Å². The van der Waals surface area contributed by atoms with E-state index in [1.807, 2.05) is 0 Å². The number of nitrogens with two attached hydrogens (primary N) is 2. The van der Waals surface area contributed by atoms with Crippen LogP contribution in [-0.2, 0) is 25.7 Å². The molecule has 1 aromatic rings. The summed E-state index contributed by atoms with van der Waals surface area (Å²) in [5.41, 5.74) is 11.8. The van der Waals surface area contributed by atoms with E-state index in [1.54, 1.807) is 0 Å². The predicted molar refractivity (Wildman–Crippen MR) is 93.1 cm³/mol. The van der Waals surface area contributed by atoms with Crippen LogP contribution in [0.25, 0.3) is 0 Å². The molecule has 120 valence electrons. The van der Waals surface area contributed by atoms with Crippen molar-refractivity contribution in [3.05, 3.63) is 28.3 Å². The number of benzene rings is 1. The number of urea groups is 1. The molecule has 4 nitrogen and oxygen atoms in total. The number of nitrogens with one attached hydrogen (secondary N) is 1. The molecule has 3 aliphatic carbocycles. The Morgan fingerprint density at radius 2 is 1.68 bits per heavy atom. The van der Waals surface area contributed by atoms with Crippen molar-refractivity contribution in [1.82, 2.24) is 0 Å². The van der Waals surface area contributed by atoms with Crippen LogP contribution in [0.15, 0.2) is 6.07 Å². The second kappa shape index (κ2) is 6.13. The Morgan fingerprint density at radius 1 is 1.14 bits per heavy atom. The summed E-state index contributed by atoms with van der Waals surface area (Å²) in [6.45, 7) is 2.19. The minimum Gasteiger partial charge on any atom is -0.351 e. The van der Waals surface area contributed by atoms with Gasteiger partial charge in [0.25, 0.3) is 0 Å². The Balaban J connectivity index is 0.000000202. The van der Waals surface area contributed by atoms with Crippen LogP contribution < -0.4 is 16.2 Å². The van der Waals surface area contributed by atoms with E-state index in [1.165, 1.54) is 59.9 Å². The lowest BCUT2D eigenvalue weighted by molar-refractivity contribution is 0.259. The molecule has 1 saturated carbocycles. The topological polar surface area (TPSA) is 81.1 Å². The third-order valence-corrected chi connectivity index (χ3v) is 5.94. The second-order valence-electron chi connectivity index (χ2n) is 6.79. The zero-order valence-corrected chi connectivity index (χ0v) is 14.0. The molecule has 0 radical (unpaired) electrons. The summed E-state index contributed by atoms with van der Waals surface area (Å²) in [7, 11) is 0. The second-order valence-corrected chi connectivity index (χ2v) is 8.01. The first-order valence-corrected chi connectivity index (χ1v) is 9.01. The van der Waals surface area contributed by atoms with E-state index in [0.717, 1.165) is 31.4 Å². The summed E-state index contributed by atoms with van der Waals surface area (Å²) in [6, 6.07) is 1.91. The van der Waals surface area contributed by atoms with Gasteiger partial charge in [-0.25, -0.2) is 4.79 Å². The molecule has 0 aliphatic heterocycles. The van der Waals surface area contributed by atoms with Crippen LogP contribution in [0.3, 0.4) is 0 Å². The third-order valence-electron chi connectivity index (χ3n) is 4.96. The number of hydrogen-bond donors (Lipinski definition) is 3. The van der Waals surface area contributed by atoms with Crippen molar-refractivity contribution in [3.8, 4) is 0 Å². The zero-order chi connectivity index (χ0) is 15.7. The number of anilines is 1. The molecule has 1 fully saturated rings. The summed E-state index contributed by atoms with van der Waals surface area (Å²) in [6.07, 6.45) is 9.49. The van der Waals surface area contributed by atoms with Crippen molar-refractivity contribution >= 4 is 23.7 Å². The van der Waals surface area contributed by atoms with E-state index in [2.05, 4.69) is 18.3 Å². The molecule has 5 heteroatoms. The fourth-order valence-electron chi connectivity index (χ4n) is 3.38. The van der Waals surface area contributed by atoms with Gasteiger partial charge in [0.2, 0.25) is 0 Å². The number of primary amides is 1. The number of hydrogen-bond acceptors (Lipinski definition) is 3. The average molecular weight is 319 g/mol. The lowest BCUT2D eigenvalue weighted by Crippen LogP contribution is -2.21. The number of carbonyl (C=O) groups excluding carboxylic acids is 1. The van der Waals surface area contributed by atoms with Gasteiger partial charge in [0.15, 0.2) is 0 Å². The smallest absolute Gasteiger partial charge is 0.316 e. The van der Waals surface area contributed by atoms with Crippen molar-refractivity contribution in [2.45, 2.75) is 63.0 Å². The SMILES string of the molecule is CC1(SN)CC1.NC(=O)Nc1c2c(cc3c1CCC3)CCC2. The summed E-state index contributed by atoms with van der Waals surface area (Å²) in [4.78, 5) is 11.1. The lowest BCUT2D eigenvalue weighted by atomic mass is 9.99. The predicted octanol–water partition coefficient (Wildman–Crippen LogP) is 3.30. The van der Waals surface area contributed by atoms with E-state index in [4.69, 9.17) is 10.9 Å². The van der Waals surface area contributed by atoms with Gasteiger partial charge in [0.05, 0.1) is 0 Å². The Labute approximate surface area is 136 Å². The highest BCUT2D eigenvalue weighted by Gasteiger charge is 2.36. The summed E-state index contributed by atoms with van der Waals surface area (Å²) < 4.78 is 0.486. The van der Waals surface area contributed by atoms with Gasteiger partial charge in [0.1, 0.15) is 0 Å². The minimum atomic E-state index is -0.436. The normalized spacial score (nSPS) is 19.7. The van der Waals surface area contributed by atoms with Gasteiger partial charge < -0.3 is 11.1 Å². The van der Waals surface area contributed by atoms with Gasteiger partial charge in [-0.15, -0.1) is 0 Å². The molecule has 1 aromatic carbocycles. The molecule has 3 aliphatic rings. The number of amides is 2. The highest BCUT2D eigenvalue weighted by atomic mass is 32.2. The minimum absolute atomic E-state index is 0.436. The van der Waals surface area contributed by atoms with Gasteiger partial charge in [-0.1, -0.05) is 18.0 Å². The number of fused-ring (bicyclic) bond motifs is 2. The van der Waals surface area contributed by atoms with Crippen LogP contribution in [0.5, 0.6) is 0 Å². The largest absolute Gasteiger partial charge is 0.351 e. The first kappa shape index (κ1) is 15.7. The van der Waals surface area contributed by atoms with Gasteiger partial charge in [-0.2, -0.15) is 0 Å². The highest BCUT2D eigenvalue weighted by Crippen LogP contribution is 2.44. The highest BCUT2D eigenvalue weighted by molar-refractivity contribution is 7.98. The molecule has 0 saturated heterocycles. The Bertz CT molecular complexity index is 564. The van der Waals surface area contributed by atoms with Crippen molar-refractivity contribution in [1.29, 1.82) is 0 Å². The summed E-state index contributed by atoms with van der Waals surface area (Å²) in [5, 5.41) is 8.13. The Morgan fingerprint density at radius 3 is 2.05 bits per heavy atom. The molecule has 0 unspecified atom stereocenters. The van der Waals surface area contributed by atoms with Crippen LogP contribution in [0, 0.1) is 0 Å². The first-order chi connectivity index (χ1) is 10.5. The standard InChI is InChI=1S/C13H16N2O.C4H9NS/c14-13(16)15-12-10-5-1-3-8(10)7-9-4-2-6-11(9)12;1-4(6-5)2-3-4/h7H,1-6H2,(H3,14,15,16);2-3,5H2,1H3. The van der Waals surface area contributed by atoms with Gasteiger partial charge in [-0.3, -0.25) is 5.14 Å². The summed E-state index contributed by atoms with van der Waals surface area (Å²) in [5.74, 6) is 0. The van der Waals surface area contributed by atoms with E-state index in [-0.39, 0.29) is 0 Å². The van der Waals surface area contributed by atoms with Crippen LogP contribution in [0.2, 0.25) is 0 Å². The number of aryl methyl sites for hydroxylation is 2. The molecule has 0 spiro atoms. The first-order valence-electron chi connectivity index (χ1n) is 8.13. The van der Waals surface area contributed by atoms with Gasteiger partial charge in [0, 0.05) is 10.4 Å². The van der Waals surface area contributed by atoms with Gasteiger partial charge in [-0.05, 0) is 80.5 Å². The molecule has 2 amide bonds. The van der Waals surface area contributed by atoms with Crippen LogP contribution in [0.1, 0.15) is 54.9 Å². The van der Waals surface area contributed by atoms with E-state index < -0.39 is 6.03 Å². The maximum Gasteiger partial charge on any atom is 0.316 e. The molecule has 4 rings (SSSR count). The molecule has 22 heavy (non-hydrogen) atoms. The fourth-order valence-corrected chi connectivity index (χ4v) is 3.72. The monoisotopic (exact) mass is 319 g/mol. The van der Waals surface area contributed by atoms with Crippen molar-refractivity contribution in [3.63, 3.8) is 0 Å². The molecule has 0 bridgehead atoms.